The van der Waals surface area contributed by atoms with Crippen LogP contribution in [-0.2, 0) is 8.48 Å². The zero-order chi connectivity index (χ0) is 18.0. The number of rotatable bonds is 5. The van der Waals surface area contributed by atoms with E-state index in [-0.39, 0.29) is 12.1 Å². The first-order valence-electron chi connectivity index (χ1n) is 8.38. The number of fused-ring (bicyclic) bond motifs is 2. The number of hydrogen-bond donors (Lipinski definition) is 1. The van der Waals surface area contributed by atoms with Gasteiger partial charge in [0.05, 0.1) is 0 Å². The number of para-hydroxylation sites is 1. The van der Waals surface area contributed by atoms with Crippen molar-refractivity contribution < 1.29 is 8.48 Å². The number of anilines is 1. The summed E-state index contributed by atoms with van der Waals surface area (Å²) in [5, 5.41) is 4.26. The number of hydrogen-bond acceptors (Lipinski definition) is 3. The van der Waals surface area contributed by atoms with Gasteiger partial charge in [-0.3, -0.25) is 0 Å². The molecule has 133 valence electrons. The predicted octanol–water partition coefficient (Wildman–Crippen LogP) is 3.02. The molecule has 0 saturated carbocycles. The summed E-state index contributed by atoms with van der Waals surface area (Å²) in [5.74, 6) is 0. The fourth-order valence-corrected chi connectivity index (χ4v) is 6.37. The summed E-state index contributed by atoms with van der Waals surface area (Å²) in [4.78, 5) is 0. The summed E-state index contributed by atoms with van der Waals surface area (Å²) >= 11 is 3.56. The minimum atomic E-state index is -2.64. The van der Waals surface area contributed by atoms with Crippen molar-refractivity contribution in [3.8, 4) is 0 Å². The number of methoxy groups -OCH3 is 1. The summed E-state index contributed by atoms with van der Waals surface area (Å²) in [7, 11) is 3.64. The van der Waals surface area contributed by atoms with E-state index in [2.05, 4.69) is 18.3 Å². The topological polar surface area (TPSA) is 41.6 Å². The molecule has 1 heterocycles. The first-order valence-corrected chi connectivity index (χ1v) is 11.3. The molecule has 1 aliphatic heterocycles. The number of halogens is 1. The van der Waals surface area contributed by atoms with Crippen LogP contribution in [0.3, 0.4) is 0 Å². The van der Waals surface area contributed by atoms with E-state index >= 15 is 0 Å². The first-order chi connectivity index (χ1) is 12.0. The van der Waals surface area contributed by atoms with Gasteiger partial charge in [0.1, 0.15) is 0 Å². The third-order valence-corrected chi connectivity index (χ3v) is 8.19. The SMILES string of the molecule is COC(C)CCNC1c2ccccc2N(C)[As](=O)c2cc(Cl)ccc21. The van der Waals surface area contributed by atoms with E-state index in [1.807, 2.05) is 47.3 Å². The van der Waals surface area contributed by atoms with Crippen molar-refractivity contribution in [1.82, 2.24) is 5.32 Å². The van der Waals surface area contributed by atoms with Crippen LogP contribution in [0.15, 0.2) is 42.5 Å². The fourth-order valence-electron chi connectivity index (χ4n) is 3.15. The van der Waals surface area contributed by atoms with Gasteiger partial charge in [-0.1, -0.05) is 0 Å². The van der Waals surface area contributed by atoms with Crippen molar-refractivity contribution in [1.29, 1.82) is 0 Å². The van der Waals surface area contributed by atoms with Gasteiger partial charge in [-0.2, -0.15) is 0 Å². The van der Waals surface area contributed by atoms with E-state index in [1.165, 1.54) is 0 Å². The average Bonchev–Trinajstić information content (AvgIpc) is 2.71. The van der Waals surface area contributed by atoms with E-state index in [0.29, 0.717) is 5.02 Å². The van der Waals surface area contributed by atoms with E-state index in [1.54, 1.807) is 7.11 Å². The van der Waals surface area contributed by atoms with Crippen LogP contribution >= 0.6 is 11.6 Å². The molecule has 2 aromatic carbocycles. The Bertz CT molecular complexity index is 784. The summed E-state index contributed by atoms with van der Waals surface area (Å²) in [6.07, 6.45) is 1.11. The maximum absolute atomic E-state index is 13.2. The number of nitrogens with one attached hydrogen (secondary N) is 1. The van der Waals surface area contributed by atoms with Gasteiger partial charge in [-0.25, -0.2) is 0 Å². The molecule has 25 heavy (non-hydrogen) atoms. The third kappa shape index (κ3) is 3.83. The molecular weight excluding hydrogens is 399 g/mol. The first kappa shape index (κ1) is 18.6. The molecule has 0 bridgehead atoms. The Morgan fingerprint density at radius 1 is 1.28 bits per heavy atom. The molecular formula is C19H23AsClN2O2. The van der Waals surface area contributed by atoms with Crippen LogP contribution in [0, 0.1) is 0 Å². The molecule has 2 aromatic rings. The van der Waals surface area contributed by atoms with E-state index in [9.17, 15) is 3.74 Å². The molecule has 0 saturated heterocycles. The average molecular weight is 422 g/mol. The molecule has 3 atom stereocenters. The van der Waals surface area contributed by atoms with E-state index in [0.717, 1.165) is 34.1 Å². The van der Waals surface area contributed by atoms with Crippen molar-refractivity contribution in [3.63, 3.8) is 0 Å². The normalized spacial score (nSPS) is 19.1. The Labute approximate surface area is 158 Å². The second kappa shape index (κ2) is 8.01. The summed E-state index contributed by atoms with van der Waals surface area (Å²) in [6, 6.07) is 13.9. The Morgan fingerprint density at radius 3 is 2.80 bits per heavy atom. The molecule has 0 aromatic heterocycles. The predicted molar refractivity (Wildman–Crippen MR) is 103 cm³/mol. The van der Waals surface area contributed by atoms with Crippen LogP contribution in [0.2, 0.25) is 5.02 Å². The Balaban J connectivity index is 2.04. The monoisotopic (exact) mass is 421 g/mol. The molecule has 0 aliphatic carbocycles. The molecule has 6 heteroatoms. The Kier molecular flexibility index (Phi) is 5.96. The van der Waals surface area contributed by atoms with Gasteiger partial charge >= 0.3 is 159 Å². The van der Waals surface area contributed by atoms with Crippen LogP contribution in [-0.4, -0.2) is 41.6 Å². The third-order valence-electron chi connectivity index (χ3n) is 4.68. The maximum atomic E-state index is 13.2. The van der Waals surface area contributed by atoms with Crippen LogP contribution in [0.25, 0.3) is 0 Å². The van der Waals surface area contributed by atoms with Gasteiger partial charge in [0.2, 0.25) is 0 Å². The van der Waals surface area contributed by atoms with Gasteiger partial charge < -0.3 is 0 Å². The van der Waals surface area contributed by atoms with Crippen LogP contribution in [0.1, 0.15) is 30.5 Å². The number of ether oxygens (including phenoxy) is 1. The quantitative estimate of drug-likeness (QED) is 0.754. The molecule has 1 radical (unpaired) electrons. The molecule has 0 spiro atoms. The van der Waals surface area contributed by atoms with Crippen LogP contribution < -0.4 is 13.5 Å². The zero-order valence-corrected chi connectivity index (χ0v) is 17.3. The summed E-state index contributed by atoms with van der Waals surface area (Å²) in [5.41, 5.74) is 3.22. The van der Waals surface area contributed by atoms with Gasteiger partial charge in [0.15, 0.2) is 0 Å². The summed E-state index contributed by atoms with van der Waals surface area (Å²) < 4.78 is 21.3. The number of benzene rings is 2. The Morgan fingerprint density at radius 2 is 2.04 bits per heavy atom. The van der Waals surface area contributed by atoms with E-state index in [4.69, 9.17) is 16.3 Å². The molecule has 1 aliphatic rings. The molecule has 0 amide bonds. The van der Waals surface area contributed by atoms with Crippen LogP contribution in [0.5, 0.6) is 0 Å². The summed E-state index contributed by atoms with van der Waals surface area (Å²) in [6.45, 7) is 2.87. The van der Waals surface area contributed by atoms with Gasteiger partial charge in [0, 0.05) is 0 Å². The van der Waals surface area contributed by atoms with Crippen molar-refractivity contribution in [2.45, 2.75) is 25.5 Å². The number of nitrogens with zero attached hydrogens (tertiary/aromatic N) is 1. The van der Waals surface area contributed by atoms with Crippen molar-refractivity contribution in [2.24, 2.45) is 0 Å². The minimum absolute atomic E-state index is 0.0108. The standard InChI is InChI=1S/C19H23AsClN2O2/c1-13(25-3)10-11-22-19-15-9-8-14(21)12-17(15)20(24)23(2)18-7-5-4-6-16(18)19/h4-9,12-13,19,22H,10-11H2,1-3H3. The van der Waals surface area contributed by atoms with Crippen molar-refractivity contribution in [3.05, 3.63) is 58.6 Å². The molecule has 4 nitrogen and oxygen atoms in total. The molecule has 3 unspecified atom stereocenters. The molecule has 0 fully saturated rings. The van der Waals surface area contributed by atoms with E-state index < -0.39 is 14.8 Å². The fraction of sp³-hybridized carbons (Fsp3) is 0.368. The van der Waals surface area contributed by atoms with Gasteiger partial charge in [-0.15, -0.1) is 0 Å². The van der Waals surface area contributed by atoms with Gasteiger partial charge in [-0.05, 0) is 0 Å². The molecule has 3 rings (SSSR count). The zero-order valence-electron chi connectivity index (χ0n) is 14.7. The second-order valence-electron chi connectivity index (χ2n) is 6.28. The van der Waals surface area contributed by atoms with Crippen molar-refractivity contribution in [2.75, 3.05) is 24.5 Å². The van der Waals surface area contributed by atoms with Gasteiger partial charge in [0.25, 0.3) is 0 Å². The molecule has 1 N–H and O–H groups in total. The Hall–Kier alpha value is -1.19. The van der Waals surface area contributed by atoms with Crippen LogP contribution in [0.4, 0.5) is 5.69 Å². The van der Waals surface area contributed by atoms with Crippen molar-refractivity contribution >= 4 is 36.5 Å². The second-order valence-corrected chi connectivity index (χ2v) is 10.1.